The third-order valence-corrected chi connectivity index (χ3v) is 4.42. The molecule has 17 heavy (non-hydrogen) atoms. The van der Waals surface area contributed by atoms with Gasteiger partial charge in [0.05, 0.1) is 17.6 Å². The Hall–Kier alpha value is -0.610. The van der Waals surface area contributed by atoms with E-state index in [0.29, 0.717) is 0 Å². The van der Waals surface area contributed by atoms with E-state index in [4.69, 9.17) is 5.73 Å². The summed E-state index contributed by atoms with van der Waals surface area (Å²) >= 11 is 0. The Balaban J connectivity index is 2.78. The Morgan fingerprint density at radius 2 is 1.76 bits per heavy atom. The molecule has 0 spiro atoms. The summed E-state index contributed by atoms with van der Waals surface area (Å²) in [5.74, 6) is -0.0686. The molecule has 0 atom stereocenters. The molecule has 0 saturated heterocycles. The van der Waals surface area contributed by atoms with Crippen molar-refractivity contribution in [3.63, 3.8) is 0 Å². The SMILES string of the molecule is CC(C)(N)C(C)(C)C(=O)NC1(CO)CCCC1. The predicted octanol–water partition coefficient (Wildman–Crippen LogP) is 1.17. The minimum absolute atomic E-state index is 0.0137. The standard InChI is InChI=1S/C13H26N2O2/c1-11(2,12(3,4)14)10(17)15-13(9-16)7-5-6-8-13/h16H,5-9,14H2,1-4H3,(H,15,17). The fraction of sp³-hybridized carbons (Fsp3) is 0.923. The van der Waals surface area contributed by atoms with Crippen molar-refractivity contribution in [3.05, 3.63) is 0 Å². The Morgan fingerprint density at radius 3 is 2.12 bits per heavy atom. The smallest absolute Gasteiger partial charge is 0.228 e. The van der Waals surface area contributed by atoms with Crippen LogP contribution in [0.3, 0.4) is 0 Å². The van der Waals surface area contributed by atoms with Crippen LogP contribution in [0.15, 0.2) is 0 Å². The number of amides is 1. The Morgan fingerprint density at radius 1 is 1.29 bits per heavy atom. The number of rotatable bonds is 4. The Bertz CT molecular complexity index is 286. The van der Waals surface area contributed by atoms with Gasteiger partial charge in [0.1, 0.15) is 0 Å². The first kappa shape index (κ1) is 14.5. The van der Waals surface area contributed by atoms with Gasteiger partial charge in [-0.3, -0.25) is 4.79 Å². The summed E-state index contributed by atoms with van der Waals surface area (Å²) in [5, 5.41) is 12.5. The van der Waals surface area contributed by atoms with E-state index in [-0.39, 0.29) is 12.5 Å². The lowest BCUT2D eigenvalue weighted by molar-refractivity contribution is -0.134. The van der Waals surface area contributed by atoms with Crippen LogP contribution in [0.25, 0.3) is 0 Å². The molecular formula is C13H26N2O2. The van der Waals surface area contributed by atoms with Gasteiger partial charge in [-0.05, 0) is 40.5 Å². The minimum atomic E-state index is -0.655. The second kappa shape index (κ2) is 4.58. The lowest BCUT2D eigenvalue weighted by Gasteiger charge is -2.40. The third-order valence-electron chi connectivity index (χ3n) is 4.42. The van der Waals surface area contributed by atoms with Gasteiger partial charge in [0.15, 0.2) is 0 Å². The van der Waals surface area contributed by atoms with Gasteiger partial charge in [-0.25, -0.2) is 0 Å². The van der Waals surface area contributed by atoms with Gasteiger partial charge in [0.25, 0.3) is 0 Å². The molecule has 0 unspecified atom stereocenters. The van der Waals surface area contributed by atoms with Gasteiger partial charge in [0, 0.05) is 5.54 Å². The maximum absolute atomic E-state index is 12.3. The zero-order chi connectivity index (χ0) is 13.3. The largest absolute Gasteiger partial charge is 0.394 e. The molecule has 4 nitrogen and oxygen atoms in total. The molecule has 0 bridgehead atoms. The average molecular weight is 242 g/mol. The highest BCUT2D eigenvalue weighted by Gasteiger charge is 2.44. The van der Waals surface area contributed by atoms with Gasteiger partial charge in [0.2, 0.25) is 5.91 Å². The third kappa shape index (κ3) is 2.80. The number of nitrogens with two attached hydrogens (primary N) is 1. The second-order valence-electron chi connectivity index (χ2n) is 6.45. The van der Waals surface area contributed by atoms with Crippen molar-refractivity contribution < 1.29 is 9.90 Å². The number of carbonyl (C=O) groups excluding carboxylic acids is 1. The van der Waals surface area contributed by atoms with Gasteiger partial charge < -0.3 is 16.2 Å². The number of hydrogen-bond acceptors (Lipinski definition) is 3. The number of aliphatic hydroxyl groups excluding tert-OH is 1. The van der Waals surface area contributed by atoms with Gasteiger partial charge in [-0.2, -0.15) is 0 Å². The zero-order valence-corrected chi connectivity index (χ0v) is 11.5. The summed E-state index contributed by atoms with van der Waals surface area (Å²) in [6, 6.07) is 0. The quantitative estimate of drug-likeness (QED) is 0.692. The lowest BCUT2D eigenvalue weighted by atomic mass is 9.74. The molecule has 4 N–H and O–H groups in total. The molecule has 0 heterocycles. The normalized spacial score (nSPS) is 20.4. The highest BCUT2D eigenvalue weighted by atomic mass is 16.3. The zero-order valence-electron chi connectivity index (χ0n) is 11.5. The summed E-state index contributed by atoms with van der Waals surface area (Å²) < 4.78 is 0. The van der Waals surface area contributed by atoms with Gasteiger partial charge in [-0.1, -0.05) is 12.8 Å². The molecule has 1 saturated carbocycles. The van der Waals surface area contributed by atoms with Crippen molar-refractivity contribution in [1.82, 2.24) is 5.32 Å². The first-order valence-corrected chi connectivity index (χ1v) is 6.37. The molecule has 0 aromatic carbocycles. The van der Waals surface area contributed by atoms with Crippen molar-refractivity contribution in [2.45, 2.75) is 64.5 Å². The summed E-state index contributed by atoms with van der Waals surface area (Å²) in [4.78, 5) is 12.3. The van der Waals surface area contributed by atoms with Crippen LogP contribution in [-0.2, 0) is 4.79 Å². The van der Waals surface area contributed by atoms with E-state index in [2.05, 4.69) is 5.32 Å². The van der Waals surface area contributed by atoms with Crippen molar-refractivity contribution in [2.24, 2.45) is 11.1 Å². The fourth-order valence-corrected chi connectivity index (χ4v) is 2.06. The molecule has 0 aromatic rings. The van der Waals surface area contributed by atoms with E-state index < -0.39 is 16.5 Å². The molecule has 1 aliphatic carbocycles. The van der Waals surface area contributed by atoms with Crippen molar-refractivity contribution in [3.8, 4) is 0 Å². The fourth-order valence-electron chi connectivity index (χ4n) is 2.06. The number of carbonyl (C=O) groups is 1. The van der Waals surface area contributed by atoms with E-state index >= 15 is 0 Å². The second-order valence-corrected chi connectivity index (χ2v) is 6.45. The first-order valence-electron chi connectivity index (χ1n) is 6.37. The average Bonchev–Trinajstić information content (AvgIpc) is 2.65. The van der Waals surface area contributed by atoms with Crippen LogP contribution in [0.1, 0.15) is 53.4 Å². The maximum atomic E-state index is 12.3. The van der Waals surface area contributed by atoms with Crippen LogP contribution in [0, 0.1) is 5.41 Å². The lowest BCUT2D eigenvalue weighted by Crippen LogP contribution is -2.60. The molecule has 1 fully saturated rings. The van der Waals surface area contributed by atoms with Gasteiger partial charge >= 0.3 is 0 Å². The number of hydrogen-bond donors (Lipinski definition) is 3. The van der Waals surface area contributed by atoms with E-state index in [0.717, 1.165) is 25.7 Å². The molecule has 1 rings (SSSR count). The topological polar surface area (TPSA) is 75.4 Å². The van der Waals surface area contributed by atoms with Crippen molar-refractivity contribution >= 4 is 5.91 Å². The number of aliphatic hydroxyl groups is 1. The highest BCUT2D eigenvalue weighted by Crippen LogP contribution is 2.33. The van der Waals surface area contributed by atoms with E-state index in [1.807, 2.05) is 27.7 Å². The minimum Gasteiger partial charge on any atom is -0.394 e. The molecule has 100 valence electrons. The first-order chi connectivity index (χ1) is 7.65. The molecule has 0 aliphatic heterocycles. The summed E-state index contributed by atoms with van der Waals surface area (Å²) in [6.45, 7) is 7.42. The van der Waals surface area contributed by atoms with E-state index in [1.54, 1.807) is 0 Å². The number of nitrogens with one attached hydrogen (secondary N) is 1. The molecule has 0 radical (unpaired) electrons. The van der Waals surface area contributed by atoms with Crippen LogP contribution in [0.5, 0.6) is 0 Å². The molecule has 1 aliphatic rings. The molecule has 1 amide bonds. The maximum Gasteiger partial charge on any atom is 0.228 e. The Labute approximate surface area is 104 Å². The predicted molar refractivity (Wildman–Crippen MR) is 68.5 cm³/mol. The van der Waals surface area contributed by atoms with Crippen LogP contribution in [0.2, 0.25) is 0 Å². The van der Waals surface area contributed by atoms with Crippen LogP contribution < -0.4 is 11.1 Å². The van der Waals surface area contributed by atoms with Crippen molar-refractivity contribution in [1.29, 1.82) is 0 Å². The molecule has 4 heteroatoms. The summed E-state index contributed by atoms with van der Waals surface area (Å²) in [7, 11) is 0. The molecule has 0 aromatic heterocycles. The van der Waals surface area contributed by atoms with E-state index in [1.165, 1.54) is 0 Å². The molecular weight excluding hydrogens is 216 g/mol. The summed E-state index contributed by atoms with van der Waals surface area (Å²) in [6.07, 6.45) is 3.84. The Kier molecular flexibility index (Phi) is 3.89. The summed E-state index contributed by atoms with van der Waals surface area (Å²) in [5.41, 5.74) is 4.39. The highest BCUT2D eigenvalue weighted by molar-refractivity contribution is 5.84. The van der Waals surface area contributed by atoms with Gasteiger partial charge in [-0.15, -0.1) is 0 Å². The monoisotopic (exact) mass is 242 g/mol. The van der Waals surface area contributed by atoms with Crippen LogP contribution in [-0.4, -0.2) is 28.7 Å². The van der Waals surface area contributed by atoms with Crippen LogP contribution >= 0.6 is 0 Å². The van der Waals surface area contributed by atoms with E-state index in [9.17, 15) is 9.90 Å². The van der Waals surface area contributed by atoms with Crippen molar-refractivity contribution in [2.75, 3.05) is 6.61 Å². The van der Waals surface area contributed by atoms with Crippen LogP contribution in [0.4, 0.5) is 0 Å².